The number of Topliss-reactive ketones (excluding diaryl/α,β-unsaturated/α-hetero) is 1. The van der Waals surface area contributed by atoms with Gasteiger partial charge in [-0.1, -0.05) is 52.0 Å². The van der Waals surface area contributed by atoms with Gasteiger partial charge >= 0.3 is 0 Å². The van der Waals surface area contributed by atoms with Gasteiger partial charge in [0.1, 0.15) is 5.78 Å². The quantitative estimate of drug-likeness (QED) is 0.773. The van der Waals surface area contributed by atoms with E-state index in [0.29, 0.717) is 5.78 Å². The van der Waals surface area contributed by atoms with E-state index in [1.54, 1.807) is 0 Å². The highest BCUT2D eigenvalue weighted by molar-refractivity contribution is 5.89. The minimum absolute atomic E-state index is 0.179. The van der Waals surface area contributed by atoms with Gasteiger partial charge < -0.3 is 0 Å². The van der Waals surface area contributed by atoms with Crippen molar-refractivity contribution in [2.45, 2.75) is 40.5 Å². The van der Waals surface area contributed by atoms with Crippen LogP contribution in [-0.2, 0) is 17.6 Å². The molecule has 1 aromatic rings. The molecule has 2 aliphatic carbocycles. The van der Waals surface area contributed by atoms with E-state index in [1.165, 1.54) is 11.1 Å². The highest BCUT2D eigenvalue weighted by Gasteiger charge is 2.68. The van der Waals surface area contributed by atoms with Gasteiger partial charge in [0.2, 0.25) is 0 Å². The lowest BCUT2D eigenvalue weighted by molar-refractivity contribution is -0.125. The van der Waals surface area contributed by atoms with E-state index in [2.05, 4.69) is 52.0 Å². The van der Waals surface area contributed by atoms with Gasteiger partial charge in [0, 0.05) is 11.8 Å². The lowest BCUT2D eigenvalue weighted by Gasteiger charge is -2.09. The first-order valence-corrected chi connectivity index (χ1v) is 6.96. The van der Waals surface area contributed by atoms with Gasteiger partial charge in [-0.25, -0.2) is 0 Å². The van der Waals surface area contributed by atoms with E-state index in [0.717, 1.165) is 12.8 Å². The third kappa shape index (κ3) is 1.43. The summed E-state index contributed by atoms with van der Waals surface area (Å²) in [5.74, 6) is 0.985. The smallest absolute Gasteiger partial charge is 0.140 e. The van der Waals surface area contributed by atoms with E-state index in [9.17, 15) is 4.79 Å². The molecule has 1 saturated carbocycles. The first-order chi connectivity index (χ1) is 8.35. The van der Waals surface area contributed by atoms with Gasteiger partial charge in [-0.05, 0) is 34.8 Å². The van der Waals surface area contributed by atoms with Crippen LogP contribution in [0.2, 0.25) is 0 Å². The molecule has 0 aliphatic heterocycles. The molecule has 1 aromatic carbocycles. The molecule has 18 heavy (non-hydrogen) atoms. The third-order valence-electron chi connectivity index (χ3n) is 5.76. The minimum Gasteiger partial charge on any atom is -0.299 e. The average molecular weight is 242 g/mol. The molecule has 0 radical (unpaired) electrons. The first-order valence-electron chi connectivity index (χ1n) is 6.96. The molecule has 96 valence electrons. The summed E-state index contributed by atoms with van der Waals surface area (Å²) >= 11 is 0. The fourth-order valence-corrected chi connectivity index (χ4v) is 3.90. The van der Waals surface area contributed by atoms with Crippen LogP contribution in [0.1, 0.15) is 38.8 Å². The molecule has 2 aliphatic rings. The van der Waals surface area contributed by atoms with Crippen molar-refractivity contribution in [3.8, 4) is 0 Å². The molecule has 0 heterocycles. The Balaban J connectivity index is 1.79. The molecular formula is C17H22O. The van der Waals surface area contributed by atoms with Gasteiger partial charge in [-0.2, -0.15) is 0 Å². The fraction of sp³-hybridized carbons (Fsp3) is 0.588. The minimum atomic E-state index is 0.179. The predicted octanol–water partition coefficient (Wildman–Crippen LogP) is 3.65. The van der Waals surface area contributed by atoms with Crippen LogP contribution in [0, 0.1) is 22.7 Å². The maximum atomic E-state index is 12.7. The van der Waals surface area contributed by atoms with Crippen molar-refractivity contribution in [3.63, 3.8) is 0 Å². The molecule has 0 amide bonds. The Morgan fingerprint density at radius 3 is 1.83 bits per heavy atom. The van der Waals surface area contributed by atoms with Crippen LogP contribution >= 0.6 is 0 Å². The number of ketones is 1. The molecule has 0 bridgehead atoms. The molecule has 3 rings (SSSR count). The first kappa shape index (κ1) is 12.0. The zero-order chi connectivity index (χ0) is 13.1. The van der Waals surface area contributed by atoms with Crippen LogP contribution in [0.5, 0.6) is 0 Å². The van der Waals surface area contributed by atoms with Crippen LogP contribution in [0.15, 0.2) is 24.3 Å². The van der Waals surface area contributed by atoms with Crippen LogP contribution in [0.25, 0.3) is 0 Å². The van der Waals surface area contributed by atoms with Crippen molar-refractivity contribution >= 4 is 5.78 Å². The summed E-state index contributed by atoms with van der Waals surface area (Å²) in [6.07, 6.45) is 1.91. The maximum Gasteiger partial charge on any atom is 0.140 e. The van der Waals surface area contributed by atoms with Crippen molar-refractivity contribution < 1.29 is 4.79 Å². The van der Waals surface area contributed by atoms with E-state index in [1.807, 2.05) is 0 Å². The molecule has 0 aromatic heterocycles. The van der Waals surface area contributed by atoms with Crippen molar-refractivity contribution in [1.82, 2.24) is 0 Å². The Morgan fingerprint density at radius 2 is 1.44 bits per heavy atom. The Bertz CT molecular complexity index is 471. The standard InChI is InChI=1S/C17H22O/c1-16(2)15(17(16,3)4)14(18)13-9-11-7-5-6-8-12(11)10-13/h5-8,13,15H,9-10H2,1-4H3. The van der Waals surface area contributed by atoms with Crippen molar-refractivity contribution in [1.29, 1.82) is 0 Å². The molecule has 0 unspecified atom stereocenters. The van der Waals surface area contributed by atoms with E-state index < -0.39 is 0 Å². The Kier molecular flexibility index (Phi) is 2.30. The zero-order valence-corrected chi connectivity index (χ0v) is 11.8. The van der Waals surface area contributed by atoms with Gasteiger partial charge in [0.05, 0.1) is 0 Å². The van der Waals surface area contributed by atoms with Crippen molar-refractivity contribution in [2.24, 2.45) is 22.7 Å². The second kappa shape index (κ2) is 3.46. The monoisotopic (exact) mass is 242 g/mol. The molecule has 0 atom stereocenters. The summed E-state index contributed by atoms with van der Waals surface area (Å²) < 4.78 is 0. The fourth-order valence-electron chi connectivity index (χ4n) is 3.90. The van der Waals surface area contributed by atoms with Crippen LogP contribution in [0.3, 0.4) is 0 Å². The predicted molar refractivity (Wildman–Crippen MR) is 73.4 cm³/mol. The number of fused-ring (bicyclic) bond motifs is 1. The second-order valence-electron chi connectivity index (χ2n) is 7.15. The summed E-state index contributed by atoms with van der Waals surface area (Å²) in [5.41, 5.74) is 3.12. The molecule has 0 saturated heterocycles. The summed E-state index contributed by atoms with van der Waals surface area (Å²) in [5, 5.41) is 0. The van der Waals surface area contributed by atoms with E-state index >= 15 is 0 Å². The largest absolute Gasteiger partial charge is 0.299 e. The number of carbonyl (C=O) groups excluding carboxylic acids is 1. The lowest BCUT2D eigenvalue weighted by atomic mass is 9.93. The van der Waals surface area contributed by atoms with Gasteiger partial charge in [0.15, 0.2) is 0 Å². The molecule has 1 nitrogen and oxygen atoms in total. The Labute approximate surface area is 110 Å². The van der Waals surface area contributed by atoms with Gasteiger partial charge in [0.25, 0.3) is 0 Å². The number of hydrogen-bond donors (Lipinski definition) is 0. The van der Waals surface area contributed by atoms with Gasteiger partial charge in [-0.15, -0.1) is 0 Å². The van der Waals surface area contributed by atoms with E-state index in [-0.39, 0.29) is 22.7 Å². The highest BCUT2D eigenvalue weighted by Crippen LogP contribution is 2.69. The molecule has 0 N–H and O–H groups in total. The topological polar surface area (TPSA) is 17.1 Å². The van der Waals surface area contributed by atoms with Gasteiger partial charge in [-0.3, -0.25) is 4.79 Å². The van der Waals surface area contributed by atoms with Crippen molar-refractivity contribution in [2.75, 3.05) is 0 Å². The zero-order valence-electron chi connectivity index (χ0n) is 11.8. The molecular weight excluding hydrogens is 220 g/mol. The van der Waals surface area contributed by atoms with Crippen LogP contribution < -0.4 is 0 Å². The summed E-state index contributed by atoms with van der Waals surface area (Å²) in [6.45, 7) is 8.94. The number of hydrogen-bond acceptors (Lipinski definition) is 1. The van der Waals surface area contributed by atoms with Crippen LogP contribution in [0.4, 0.5) is 0 Å². The number of benzene rings is 1. The average Bonchev–Trinajstić information content (AvgIpc) is 2.67. The third-order valence-corrected chi connectivity index (χ3v) is 5.76. The summed E-state index contributed by atoms with van der Waals surface area (Å²) in [6, 6.07) is 8.50. The molecule has 1 fully saturated rings. The number of carbonyl (C=O) groups is 1. The maximum absolute atomic E-state index is 12.7. The Hall–Kier alpha value is -1.11. The van der Waals surface area contributed by atoms with Crippen molar-refractivity contribution in [3.05, 3.63) is 35.4 Å². The summed E-state index contributed by atoms with van der Waals surface area (Å²) in [7, 11) is 0. The summed E-state index contributed by atoms with van der Waals surface area (Å²) in [4.78, 5) is 12.7. The highest BCUT2D eigenvalue weighted by atomic mass is 16.1. The SMILES string of the molecule is CC1(C)C(C(=O)C2Cc3ccccc3C2)C1(C)C. The van der Waals surface area contributed by atoms with E-state index in [4.69, 9.17) is 0 Å². The van der Waals surface area contributed by atoms with Crippen LogP contribution in [-0.4, -0.2) is 5.78 Å². The normalized spacial score (nSPS) is 24.9. The number of rotatable bonds is 2. The lowest BCUT2D eigenvalue weighted by Crippen LogP contribution is -2.19. The Morgan fingerprint density at radius 1 is 1.00 bits per heavy atom. The molecule has 0 spiro atoms. The molecule has 1 heteroatoms. The second-order valence-corrected chi connectivity index (χ2v) is 7.15.